The third-order valence-electron chi connectivity index (χ3n) is 2.39. The molecule has 0 aliphatic carbocycles. The Bertz CT molecular complexity index is 647. The molecule has 0 aromatic heterocycles. The van der Waals surface area contributed by atoms with E-state index in [1.807, 2.05) is 0 Å². The van der Waals surface area contributed by atoms with E-state index in [4.69, 9.17) is 0 Å². The second-order valence-corrected chi connectivity index (χ2v) is 5.51. The van der Waals surface area contributed by atoms with Crippen molar-refractivity contribution in [3.63, 3.8) is 0 Å². The summed E-state index contributed by atoms with van der Waals surface area (Å²) in [5.41, 5.74) is 0.318. The van der Waals surface area contributed by atoms with E-state index in [0.29, 0.717) is 8.95 Å². The summed E-state index contributed by atoms with van der Waals surface area (Å²) in [6.45, 7) is 0. The van der Waals surface area contributed by atoms with Gasteiger partial charge < -0.3 is 10.4 Å². The minimum atomic E-state index is -0.538. The molecule has 0 aliphatic rings. The van der Waals surface area contributed by atoms with E-state index in [-0.39, 0.29) is 17.0 Å². The first-order valence-electron chi connectivity index (χ1n) is 5.22. The summed E-state index contributed by atoms with van der Waals surface area (Å²) in [5, 5.41) is 11.9. The van der Waals surface area contributed by atoms with Gasteiger partial charge in [-0.1, -0.05) is 15.9 Å². The van der Waals surface area contributed by atoms with Crippen LogP contribution in [-0.2, 0) is 0 Å². The molecule has 2 N–H and O–H groups in total. The predicted molar refractivity (Wildman–Crippen MR) is 77.9 cm³/mol. The average molecular weight is 389 g/mol. The zero-order valence-electron chi connectivity index (χ0n) is 9.45. The van der Waals surface area contributed by atoms with E-state index >= 15 is 0 Å². The van der Waals surface area contributed by atoms with Crippen molar-refractivity contribution in [2.75, 3.05) is 5.32 Å². The SMILES string of the molecule is O=C(Nc1ccc(Br)cc1F)c1ccc(Br)c(O)c1. The smallest absolute Gasteiger partial charge is 0.255 e. The van der Waals surface area contributed by atoms with Gasteiger partial charge in [0.1, 0.15) is 11.6 Å². The van der Waals surface area contributed by atoms with Crippen LogP contribution in [0.2, 0.25) is 0 Å². The predicted octanol–water partition coefficient (Wildman–Crippen LogP) is 4.31. The molecular weight excluding hydrogens is 381 g/mol. The molecule has 0 aliphatic heterocycles. The second-order valence-electron chi connectivity index (χ2n) is 3.74. The van der Waals surface area contributed by atoms with Gasteiger partial charge in [0, 0.05) is 10.0 Å². The number of hydrogen-bond donors (Lipinski definition) is 2. The van der Waals surface area contributed by atoms with Crippen LogP contribution in [0.4, 0.5) is 10.1 Å². The number of aromatic hydroxyl groups is 1. The zero-order chi connectivity index (χ0) is 14.0. The average Bonchev–Trinajstić information content (AvgIpc) is 2.36. The molecule has 0 saturated carbocycles. The highest BCUT2D eigenvalue weighted by atomic mass is 79.9. The molecule has 0 spiro atoms. The summed E-state index contributed by atoms with van der Waals surface area (Å²) >= 11 is 6.25. The van der Waals surface area contributed by atoms with Gasteiger partial charge in [0.15, 0.2) is 0 Å². The maximum Gasteiger partial charge on any atom is 0.255 e. The number of nitrogens with one attached hydrogen (secondary N) is 1. The molecule has 0 saturated heterocycles. The molecule has 2 aromatic rings. The third kappa shape index (κ3) is 3.33. The number of carbonyl (C=O) groups excluding carboxylic acids is 1. The lowest BCUT2D eigenvalue weighted by molar-refractivity contribution is 0.102. The van der Waals surface area contributed by atoms with Crippen LogP contribution < -0.4 is 5.32 Å². The van der Waals surface area contributed by atoms with E-state index in [0.717, 1.165) is 0 Å². The molecule has 0 unspecified atom stereocenters. The van der Waals surface area contributed by atoms with Crippen molar-refractivity contribution < 1.29 is 14.3 Å². The second kappa shape index (κ2) is 5.71. The topological polar surface area (TPSA) is 49.3 Å². The van der Waals surface area contributed by atoms with Crippen LogP contribution in [-0.4, -0.2) is 11.0 Å². The summed E-state index contributed by atoms with van der Waals surface area (Å²) in [6.07, 6.45) is 0. The summed E-state index contributed by atoms with van der Waals surface area (Å²) in [6, 6.07) is 8.71. The van der Waals surface area contributed by atoms with Gasteiger partial charge in [-0.25, -0.2) is 4.39 Å². The Morgan fingerprint density at radius 2 is 1.89 bits per heavy atom. The fraction of sp³-hybridized carbons (Fsp3) is 0. The minimum absolute atomic E-state index is 0.0519. The summed E-state index contributed by atoms with van der Waals surface area (Å²) in [4.78, 5) is 11.9. The number of anilines is 1. The van der Waals surface area contributed by atoms with E-state index in [1.165, 1.54) is 24.3 Å². The Hall–Kier alpha value is -1.40. The van der Waals surface area contributed by atoms with Crippen LogP contribution in [0.15, 0.2) is 45.3 Å². The molecule has 0 fully saturated rings. The molecule has 6 heteroatoms. The van der Waals surface area contributed by atoms with Crippen LogP contribution in [0.1, 0.15) is 10.4 Å². The number of amides is 1. The molecule has 2 aromatic carbocycles. The van der Waals surface area contributed by atoms with Crippen LogP contribution in [0.5, 0.6) is 5.75 Å². The molecule has 0 heterocycles. The molecule has 2 rings (SSSR count). The van der Waals surface area contributed by atoms with Gasteiger partial charge in [-0.05, 0) is 52.3 Å². The Morgan fingerprint density at radius 1 is 1.16 bits per heavy atom. The Morgan fingerprint density at radius 3 is 2.53 bits per heavy atom. The summed E-state index contributed by atoms with van der Waals surface area (Å²) in [7, 11) is 0. The number of carbonyl (C=O) groups is 1. The van der Waals surface area contributed by atoms with Crippen molar-refractivity contribution in [3.8, 4) is 5.75 Å². The van der Waals surface area contributed by atoms with Crippen molar-refractivity contribution >= 4 is 43.5 Å². The summed E-state index contributed by atoms with van der Waals surface area (Å²) in [5.74, 6) is -1.09. The Kier molecular flexibility index (Phi) is 4.21. The zero-order valence-corrected chi connectivity index (χ0v) is 12.6. The monoisotopic (exact) mass is 387 g/mol. The normalized spacial score (nSPS) is 10.3. The van der Waals surface area contributed by atoms with E-state index in [2.05, 4.69) is 37.2 Å². The first kappa shape index (κ1) is 14.0. The van der Waals surface area contributed by atoms with E-state index in [9.17, 15) is 14.3 Å². The van der Waals surface area contributed by atoms with Crippen LogP contribution in [0, 0.1) is 5.82 Å². The van der Waals surface area contributed by atoms with Crippen LogP contribution in [0.25, 0.3) is 0 Å². The molecule has 19 heavy (non-hydrogen) atoms. The number of benzene rings is 2. The lowest BCUT2D eigenvalue weighted by atomic mass is 10.2. The number of hydrogen-bond acceptors (Lipinski definition) is 2. The van der Waals surface area contributed by atoms with Crippen molar-refractivity contribution in [2.24, 2.45) is 0 Å². The lowest BCUT2D eigenvalue weighted by Crippen LogP contribution is -2.12. The Balaban J connectivity index is 2.23. The standard InChI is InChI=1S/C13H8Br2FNO2/c14-8-2-4-11(10(16)6-8)17-13(19)7-1-3-9(15)12(18)5-7/h1-6,18H,(H,17,19). The quantitative estimate of drug-likeness (QED) is 0.805. The maximum absolute atomic E-state index is 13.6. The van der Waals surface area contributed by atoms with Gasteiger partial charge in [0.05, 0.1) is 10.2 Å². The van der Waals surface area contributed by atoms with Crippen LogP contribution >= 0.6 is 31.9 Å². The van der Waals surface area contributed by atoms with E-state index < -0.39 is 11.7 Å². The van der Waals surface area contributed by atoms with Gasteiger partial charge in [0.25, 0.3) is 5.91 Å². The number of phenols is 1. The highest BCUT2D eigenvalue weighted by molar-refractivity contribution is 9.10. The number of rotatable bonds is 2. The highest BCUT2D eigenvalue weighted by Crippen LogP contribution is 2.25. The molecule has 3 nitrogen and oxygen atoms in total. The van der Waals surface area contributed by atoms with Gasteiger partial charge in [-0.3, -0.25) is 4.79 Å². The van der Waals surface area contributed by atoms with Crippen LogP contribution in [0.3, 0.4) is 0 Å². The van der Waals surface area contributed by atoms with Crippen molar-refractivity contribution in [2.45, 2.75) is 0 Å². The molecule has 1 amide bonds. The van der Waals surface area contributed by atoms with Crippen molar-refractivity contribution in [3.05, 3.63) is 56.7 Å². The molecule has 0 atom stereocenters. The van der Waals surface area contributed by atoms with Crippen molar-refractivity contribution in [1.29, 1.82) is 0 Å². The third-order valence-corrected chi connectivity index (χ3v) is 3.55. The summed E-state index contributed by atoms with van der Waals surface area (Å²) < 4.78 is 14.6. The molecule has 0 bridgehead atoms. The fourth-order valence-electron chi connectivity index (χ4n) is 1.44. The largest absolute Gasteiger partial charge is 0.507 e. The molecular formula is C13H8Br2FNO2. The molecule has 0 radical (unpaired) electrons. The van der Waals surface area contributed by atoms with E-state index in [1.54, 1.807) is 12.1 Å². The minimum Gasteiger partial charge on any atom is -0.507 e. The fourth-order valence-corrected chi connectivity index (χ4v) is 2.02. The van der Waals surface area contributed by atoms with Gasteiger partial charge >= 0.3 is 0 Å². The van der Waals surface area contributed by atoms with Gasteiger partial charge in [-0.2, -0.15) is 0 Å². The maximum atomic E-state index is 13.6. The van der Waals surface area contributed by atoms with Crippen molar-refractivity contribution in [1.82, 2.24) is 0 Å². The Labute approximate surface area is 125 Å². The first-order valence-corrected chi connectivity index (χ1v) is 6.81. The van der Waals surface area contributed by atoms with Gasteiger partial charge in [0.2, 0.25) is 0 Å². The highest BCUT2D eigenvalue weighted by Gasteiger charge is 2.11. The lowest BCUT2D eigenvalue weighted by Gasteiger charge is -2.07. The molecule has 98 valence electrons. The van der Waals surface area contributed by atoms with Gasteiger partial charge in [-0.15, -0.1) is 0 Å². The first-order chi connectivity index (χ1) is 8.97. The number of phenolic OH excluding ortho intramolecular Hbond substituents is 1. The number of halogens is 3.